The number of hydrogen-bond donors (Lipinski definition) is 1. The highest BCUT2D eigenvalue weighted by Gasteiger charge is 2.53. The summed E-state index contributed by atoms with van der Waals surface area (Å²) in [5.41, 5.74) is 1.06. The van der Waals surface area contributed by atoms with Crippen LogP contribution in [0.5, 0.6) is 0 Å². The fraction of sp³-hybridized carbons (Fsp3) is 0.278. The van der Waals surface area contributed by atoms with Gasteiger partial charge in [-0.15, -0.1) is 0 Å². The molecular formula is C18H17Br2N2OS+. The van der Waals surface area contributed by atoms with E-state index in [0.29, 0.717) is 6.54 Å². The van der Waals surface area contributed by atoms with Gasteiger partial charge in [-0.25, -0.2) is 9.48 Å². The number of benzene rings is 2. The van der Waals surface area contributed by atoms with Crippen LogP contribution in [0, 0.1) is 0 Å². The Morgan fingerprint density at radius 1 is 1.00 bits per heavy atom. The van der Waals surface area contributed by atoms with Crippen molar-refractivity contribution in [2.75, 3.05) is 23.7 Å². The summed E-state index contributed by atoms with van der Waals surface area (Å²) < 4.78 is 4.24. The zero-order chi connectivity index (χ0) is 16.7. The SMILES string of the molecule is O[C@]1(c2ccc(Br)cc2)CN(c2ccc(Br)cc2)C2=[N+]1CCCS2. The Morgan fingerprint density at radius 2 is 1.62 bits per heavy atom. The van der Waals surface area contributed by atoms with Crippen LogP contribution in [0.15, 0.2) is 57.5 Å². The summed E-state index contributed by atoms with van der Waals surface area (Å²) in [6.45, 7) is 1.42. The van der Waals surface area contributed by atoms with E-state index in [9.17, 15) is 5.11 Å². The van der Waals surface area contributed by atoms with Crippen LogP contribution in [0.25, 0.3) is 0 Å². The highest BCUT2D eigenvalue weighted by Crippen LogP contribution is 2.38. The van der Waals surface area contributed by atoms with E-state index in [-0.39, 0.29) is 0 Å². The molecule has 0 spiro atoms. The highest BCUT2D eigenvalue weighted by atomic mass is 79.9. The molecule has 124 valence electrons. The Bertz CT molecular complexity index is 792. The third kappa shape index (κ3) is 2.83. The first-order chi connectivity index (χ1) is 11.6. The van der Waals surface area contributed by atoms with Crippen LogP contribution in [0.2, 0.25) is 0 Å². The summed E-state index contributed by atoms with van der Waals surface area (Å²) in [6.07, 6.45) is 1.08. The lowest BCUT2D eigenvalue weighted by Gasteiger charge is -2.24. The zero-order valence-electron chi connectivity index (χ0n) is 13.0. The van der Waals surface area contributed by atoms with Crippen molar-refractivity contribution >= 4 is 54.5 Å². The number of nitrogens with zero attached hydrogens (tertiary/aromatic N) is 2. The molecule has 3 nitrogen and oxygen atoms in total. The molecule has 1 atom stereocenters. The van der Waals surface area contributed by atoms with Gasteiger partial charge in [-0.1, -0.05) is 44.0 Å². The van der Waals surface area contributed by atoms with Crippen molar-refractivity contribution in [1.82, 2.24) is 0 Å². The summed E-state index contributed by atoms with van der Waals surface area (Å²) >= 11 is 8.80. The lowest BCUT2D eigenvalue weighted by molar-refractivity contribution is -0.656. The van der Waals surface area contributed by atoms with Gasteiger partial charge in [-0.05, 0) is 54.6 Å². The summed E-state index contributed by atoms with van der Waals surface area (Å²) in [5, 5.41) is 12.7. The Hall–Kier alpha value is -0.820. The Kier molecular flexibility index (Phi) is 4.49. The Balaban J connectivity index is 1.78. The van der Waals surface area contributed by atoms with Gasteiger partial charge in [0.05, 0.1) is 6.54 Å². The molecule has 2 aliphatic rings. The maximum Gasteiger partial charge on any atom is 0.316 e. The van der Waals surface area contributed by atoms with Crippen molar-refractivity contribution in [2.45, 2.75) is 12.1 Å². The van der Waals surface area contributed by atoms with E-state index in [1.807, 2.05) is 48.2 Å². The van der Waals surface area contributed by atoms with E-state index >= 15 is 0 Å². The molecule has 0 aliphatic carbocycles. The third-order valence-electron chi connectivity index (χ3n) is 4.49. The molecule has 6 heteroatoms. The van der Waals surface area contributed by atoms with Crippen molar-refractivity contribution in [3.05, 3.63) is 63.0 Å². The minimum absolute atomic E-state index is 0.540. The van der Waals surface area contributed by atoms with Crippen molar-refractivity contribution in [3.8, 4) is 0 Å². The van der Waals surface area contributed by atoms with Gasteiger partial charge in [-0.3, -0.25) is 0 Å². The molecule has 0 fully saturated rings. The highest BCUT2D eigenvalue weighted by molar-refractivity contribution is 9.10. The predicted molar refractivity (Wildman–Crippen MR) is 107 cm³/mol. The normalized spacial score (nSPS) is 23.5. The molecule has 0 amide bonds. The van der Waals surface area contributed by atoms with Gasteiger partial charge >= 0.3 is 5.17 Å². The van der Waals surface area contributed by atoms with Gasteiger partial charge in [0, 0.05) is 20.3 Å². The van der Waals surface area contributed by atoms with E-state index in [1.54, 1.807) is 0 Å². The molecule has 0 radical (unpaired) electrons. The second kappa shape index (κ2) is 6.48. The van der Waals surface area contributed by atoms with E-state index in [0.717, 1.165) is 44.1 Å². The Morgan fingerprint density at radius 3 is 2.29 bits per heavy atom. The zero-order valence-corrected chi connectivity index (χ0v) is 16.9. The van der Waals surface area contributed by atoms with Crippen molar-refractivity contribution in [3.63, 3.8) is 0 Å². The number of rotatable bonds is 2. The topological polar surface area (TPSA) is 26.5 Å². The van der Waals surface area contributed by atoms with Crippen LogP contribution >= 0.6 is 43.6 Å². The first-order valence-corrected chi connectivity index (χ1v) is 10.4. The molecular weight excluding hydrogens is 452 g/mol. The van der Waals surface area contributed by atoms with Crippen LogP contribution < -0.4 is 4.90 Å². The molecule has 1 N–H and O–H groups in total. The van der Waals surface area contributed by atoms with E-state index in [4.69, 9.17) is 0 Å². The number of hydrogen-bond acceptors (Lipinski definition) is 3. The van der Waals surface area contributed by atoms with Crippen LogP contribution in [-0.2, 0) is 5.72 Å². The molecule has 0 unspecified atom stereocenters. The largest absolute Gasteiger partial charge is 0.346 e. The molecule has 4 rings (SSSR count). The molecule has 0 bridgehead atoms. The smallest absolute Gasteiger partial charge is 0.316 e. The predicted octanol–water partition coefficient (Wildman–Crippen LogP) is 4.38. The number of anilines is 1. The number of amidine groups is 1. The van der Waals surface area contributed by atoms with E-state index in [2.05, 4.69) is 53.5 Å². The lowest BCUT2D eigenvalue weighted by atomic mass is 10.0. The third-order valence-corrected chi connectivity index (χ3v) is 6.74. The number of aliphatic hydroxyl groups is 1. The molecule has 0 saturated heterocycles. The monoisotopic (exact) mass is 467 g/mol. The van der Waals surface area contributed by atoms with Crippen LogP contribution in [0.1, 0.15) is 12.0 Å². The first kappa shape index (κ1) is 16.6. The fourth-order valence-electron chi connectivity index (χ4n) is 3.29. The quantitative estimate of drug-likeness (QED) is 0.662. The second-order valence-corrected chi connectivity index (χ2v) is 8.92. The summed E-state index contributed by atoms with van der Waals surface area (Å²) in [6, 6.07) is 16.3. The van der Waals surface area contributed by atoms with Gasteiger partial charge in [0.15, 0.2) is 6.54 Å². The Labute approximate surface area is 162 Å². The van der Waals surface area contributed by atoms with Crippen molar-refractivity contribution in [1.29, 1.82) is 0 Å². The van der Waals surface area contributed by atoms with E-state index in [1.165, 1.54) is 0 Å². The molecule has 2 heterocycles. The molecule has 0 saturated carbocycles. The average molecular weight is 469 g/mol. The molecule has 2 aromatic carbocycles. The molecule has 2 aromatic rings. The fourth-order valence-corrected chi connectivity index (χ4v) is 5.00. The lowest BCUT2D eigenvalue weighted by Crippen LogP contribution is -2.41. The van der Waals surface area contributed by atoms with Crippen molar-refractivity contribution < 1.29 is 9.68 Å². The number of β-amino-alcohol motifs (C(OH)–C–C–N with tert-alkyl or cyclic N) is 1. The summed E-state index contributed by atoms with van der Waals surface area (Å²) in [7, 11) is 0. The van der Waals surface area contributed by atoms with Gasteiger partial charge < -0.3 is 5.11 Å². The average Bonchev–Trinajstić information content (AvgIpc) is 2.91. The van der Waals surface area contributed by atoms with Gasteiger partial charge in [0.25, 0.3) is 5.72 Å². The standard InChI is InChI=1S/C18H17Br2N2OS/c19-14-4-2-13(3-5-14)18(23)12-21(16-8-6-15(20)7-9-16)17-22(18)10-1-11-24-17/h2-9,23H,1,10-12H2/q+1/t18-/m0/s1. The van der Waals surface area contributed by atoms with Crippen LogP contribution in [0.3, 0.4) is 0 Å². The van der Waals surface area contributed by atoms with Crippen LogP contribution in [0.4, 0.5) is 5.69 Å². The molecule has 0 aromatic heterocycles. The van der Waals surface area contributed by atoms with Gasteiger partial charge in [0.1, 0.15) is 5.69 Å². The van der Waals surface area contributed by atoms with E-state index < -0.39 is 5.72 Å². The van der Waals surface area contributed by atoms with Gasteiger partial charge in [-0.2, -0.15) is 0 Å². The van der Waals surface area contributed by atoms with Crippen molar-refractivity contribution in [2.24, 2.45) is 0 Å². The maximum atomic E-state index is 11.6. The van der Waals surface area contributed by atoms with Crippen LogP contribution in [-0.4, -0.2) is 33.7 Å². The number of halogens is 2. The molecule has 24 heavy (non-hydrogen) atoms. The first-order valence-electron chi connectivity index (χ1n) is 7.87. The molecule has 2 aliphatic heterocycles. The minimum atomic E-state index is -0.990. The maximum absolute atomic E-state index is 11.6. The number of thioether (sulfide) groups is 1. The summed E-state index contributed by atoms with van der Waals surface area (Å²) in [5.74, 6) is 1.09. The second-order valence-electron chi connectivity index (χ2n) is 6.02. The van der Waals surface area contributed by atoms with Gasteiger partial charge in [0.2, 0.25) is 0 Å². The summed E-state index contributed by atoms with van der Waals surface area (Å²) in [4.78, 5) is 2.23. The minimum Gasteiger partial charge on any atom is -0.346 e.